The van der Waals surface area contributed by atoms with Gasteiger partial charge in [-0.25, -0.2) is 0 Å². The Bertz CT molecular complexity index is 870. The summed E-state index contributed by atoms with van der Waals surface area (Å²) in [7, 11) is 2.02. The molecule has 0 unspecified atom stereocenters. The van der Waals surface area contributed by atoms with Crippen molar-refractivity contribution in [1.29, 1.82) is 0 Å². The number of carbonyl (C=O) groups is 1. The monoisotopic (exact) mass is 406 g/mol. The van der Waals surface area contributed by atoms with E-state index in [4.69, 9.17) is 4.74 Å². The third-order valence-corrected chi connectivity index (χ3v) is 5.39. The van der Waals surface area contributed by atoms with E-state index < -0.39 is 0 Å². The highest BCUT2D eigenvalue weighted by Crippen LogP contribution is 2.18. The normalized spacial score (nSPS) is 10.4. The summed E-state index contributed by atoms with van der Waals surface area (Å²) in [6.45, 7) is 1.95. The highest BCUT2D eigenvalue weighted by atomic mass is 32.2. The average Bonchev–Trinajstić information content (AvgIpc) is 2.78. The molecule has 0 bridgehead atoms. The van der Waals surface area contributed by atoms with E-state index in [1.165, 1.54) is 4.90 Å². The predicted octanol–water partition coefficient (Wildman–Crippen LogP) is 4.72. The Morgan fingerprint density at radius 2 is 1.59 bits per heavy atom. The van der Waals surface area contributed by atoms with Gasteiger partial charge in [0.1, 0.15) is 5.75 Å². The minimum Gasteiger partial charge on any atom is -0.493 e. The van der Waals surface area contributed by atoms with Crippen LogP contribution in [0.1, 0.15) is 10.4 Å². The zero-order valence-electron chi connectivity index (χ0n) is 16.6. The Hall–Kier alpha value is -2.92. The van der Waals surface area contributed by atoms with Crippen molar-refractivity contribution in [3.8, 4) is 5.75 Å². The molecule has 0 aliphatic rings. The molecular weight excluding hydrogens is 380 g/mol. The Morgan fingerprint density at radius 3 is 2.28 bits per heavy atom. The van der Waals surface area contributed by atoms with Gasteiger partial charge in [0, 0.05) is 42.0 Å². The molecule has 0 spiro atoms. The summed E-state index contributed by atoms with van der Waals surface area (Å²) in [5.41, 5.74) is 1.77. The molecule has 0 aliphatic carbocycles. The number of hydrogen-bond donors (Lipinski definition) is 1. The van der Waals surface area contributed by atoms with Crippen molar-refractivity contribution in [2.75, 3.05) is 37.4 Å². The molecule has 0 aromatic heterocycles. The van der Waals surface area contributed by atoms with E-state index in [1.54, 1.807) is 23.9 Å². The molecule has 3 rings (SSSR count). The fourth-order valence-electron chi connectivity index (χ4n) is 2.79. The summed E-state index contributed by atoms with van der Waals surface area (Å²) in [4.78, 5) is 15.7. The van der Waals surface area contributed by atoms with E-state index in [0.29, 0.717) is 18.7 Å². The third-order valence-electron chi connectivity index (χ3n) is 4.41. The molecule has 0 radical (unpaired) electrons. The maximum atomic E-state index is 12.3. The van der Waals surface area contributed by atoms with Gasteiger partial charge in [0.15, 0.2) is 0 Å². The first kappa shape index (κ1) is 20.8. The first-order valence-electron chi connectivity index (χ1n) is 9.67. The van der Waals surface area contributed by atoms with E-state index in [2.05, 4.69) is 34.5 Å². The van der Waals surface area contributed by atoms with Crippen LogP contribution in [0.25, 0.3) is 0 Å². The second kappa shape index (κ2) is 11.2. The van der Waals surface area contributed by atoms with E-state index in [9.17, 15) is 4.79 Å². The first-order chi connectivity index (χ1) is 14.2. The van der Waals surface area contributed by atoms with Crippen LogP contribution in [-0.2, 0) is 0 Å². The lowest BCUT2D eigenvalue weighted by molar-refractivity contribution is 0.0954. The van der Waals surface area contributed by atoms with Gasteiger partial charge < -0.3 is 15.0 Å². The van der Waals surface area contributed by atoms with Crippen molar-refractivity contribution in [2.45, 2.75) is 4.90 Å². The maximum absolute atomic E-state index is 12.3. The van der Waals surface area contributed by atoms with Crippen LogP contribution in [0.15, 0.2) is 89.8 Å². The maximum Gasteiger partial charge on any atom is 0.251 e. The van der Waals surface area contributed by atoms with Crippen LogP contribution in [0.2, 0.25) is 0 Å². The largest absolute Gasteiger partial charge is 0.493 e. The second-order valence-electron chi connectivity index (χ2n) is 6.55. The number of rotatable bonds is 10. The molecule has 5 heteroatoms. The van der Waals surface area contributed by atoms with E-state index >= 15 is 0 Å². The SMILES string of the molecule is CN(CCNC(=O)c1ccc(OCCSc2ccccc2)cc1)c1ccccc1. The van der Waals surface area contributed by atoms with Crippen molar-refractivity contribution < 1.29 is 9.53 Å². The predicted molar refractivity (Wildman–Crippen MR) is 121 cm³/mol. The van der Waals surface area contributed by atoms with Crippen molar-refractivity contribution in [3.05, 3.63) is 90.5 Å². The number of nitrogens with zero attached hydrogens (tertiary/aromatic N) is 1. The number of likely N-dealkylation sites (N-methyl/N-ethyl adjacent to an activating group) is 1. The highest BCUT2D eigenvalue weighted by molar-refractivity contribution is 7.99. The van der Waals surface area contributed by atoms with E-state index in [-0.39, 0.29) is 5.91 Å². The number of nitrogens with one attached hydrogen (secondary N) is 1. The fourth-order valence-corrected chi connectivity index (χ4v) is 3.54. The van der Waals surface area contributed by atoms with E-state index in [0.717, 1.165) is 23.7 Å². The molecule has 0 aliphatic heterocycles. The molecule has 3 aromatic rings. The second-order valence-corrected chi connectivity index (χ2v) is 7.72. The Balaban J connectivity index is 1.37. The van der Waals surface area contributed by atoms with Crippen LogP contribution in [-0.4, -0.2) is 38.4 Å². The van der Waals surface area contributed by atoms with Gasteiger partial charge in [0.25, 0.3) is 5.91 Å². The van der Waals surface area contributed by atoms with Gasteiger partial charge in [0.05, 0.1) is 6.61 Å². The van der Waals surface area contributed by atoms with Gasteiger partial charge in [-0.2, -0.15) is 0 Å². The number of benzene rings is 3. The molecule has 0 heterocycles. The van der Waals surface area contributed by atoms with Crippen molar-refractivity contribution >= 4 is 23.4 Å². The van der Waals surface area contributed by atoms with Crippen LogP contribution < -0.4 is 15.0 Å². The smallest absolute Gasteiger partial charge is 0.251 e. The minimum atomic E-state index is -0.0716. The third kappa shape index (κ3) is 6.88. The number of ether oxygens (including phenoxy) is 1. The lowest BCUT2D eigenvalue weighted by atomic mass is 10.2. The first-order valence-corrected chi connectivity index (χ1v) is 10.7. The molecular formula is C24H26N2O2S. The van der Waals surface area contributed by atoms with Gasteiger partial charge in [-0.05, 0) is 48.5 Å². The number of amides is 1. The molecule has 4 nitrogen and oxygen atoms in total. The number of hydrogen-bond acceptors (Lipinski definition) is 4. The highest BCUT2D eigenvalue weighted by Gasteiger charge is 2.06. The molecule has 0 atom stereocenters. The summed E-state index contributed by atoms with van der Waals surface area (Å²) < 4.78 is 5.76. The van der Waals surface area contributed by atoms with Crippen molar-refractivity contribution in [3.63, 3.8) is 0 Å². The molecule has 3 aromatic carbocycles. The minimum absolute atomic E-state index is 0.0716. The van der Waals surface area contributed by atoms with Gasteiger partial charge in [-0.1, -0.05) is 36.4 Å². The molecule has 0 saturated heterocycles. The summed E-state index contributed by atoms with van der Waals surface area (Å²) in [6.07, 6.45) is 0. The molecule has 150 valence electrons. The Morgan fingerprint density at radius 1 is 0.931 bits per heavy atom. The molecule has 0 fully saturated rings. The van der Waals surface area contributed by atoms with Gasteiger partial charge in [-0.15, -0.1) is 11.8 Å². The van der Waals surface area contributed by atoms with Gasteiger partial charge in [0.2, 0.25) is 0 Å². The van der Waals surface area contributed by atoms with Crippen molar-refractivity contribution in [1.82, 2.24) is 5.32 Å². The Labute approximate surface area is 176 Å². The lowest BCUT2D eigenvalue weighted by Crippen LogP contribution is -2.32. The molecule has 29 heavy (non-hydrogen) atoms. The number of carbonyl (C=O) groups excluding carboxylic acids is 1. The van der Waals surface area contributed by atoms with Crippen LogP contribution in [0.5, 0.6) is 5.75 Å². The summed E-state index contributed by atoms with van der Waals surface area (Å²) in [5.74, 6) is 1.58. The van der Waals surface area contributed by atoms with Crippen LogP contribution >= 0.6 is 11.8 Å². The quantitative estimate of drug-likeness (QED) is 0.391. The summed E-state index contributed by atoms with van der Waals surface area (Å²) in [5, 5.41) is 2.96. The topological polar surface area (TPSA) is 41.6 Å². The summed E-state index contributed by atoms with van der Waals surface area (Å²) >= 11 is 1.76. The molecule has 0 saturated carbocycles. The van der Waals surface area contributed by atoms with Crippen LogP contribution in [0.4, 0.5) is 5.69 Å². The van der Waals surface area contributed by atoms with E-state index in [1.807, 2.05) is 55.6 Å². The summed E-state index contributed by atoms with van der Waals surface area (Å²) in [6, 6.07) is 27.7. The zero-order chi connectivity index (χ0) is 20.3. The van der Waals surface area contributed by atoms with Crippen molar-refractivity contribution in [2.24, 2.45) is 0 Å². The number of thioether (sulfide) groups is 1. The lowest BCUT2D eigenvalue weighted by Gasteiger charge is -2.19. The Kier molecular flexibility index (Phi) is 8.01. The van der Waals surface area contributed by atoms with Crippen LogP contribution in [0, 0.1) is 0 Å². The fraction of sp³-hybridized carbons (Fsp3) is 0.208. The van der Waals surface area contributed by atoms with Gasteiger partial charge >= 0.3 is 0 Å². The molecule has 1 N–H and O–H groups in total. The number of para-hydroxylation sites is 1. The average molecular weight is 407 g/mol. The number of anilines is 1. The van der Waals surface area contributed by atoms with Gasteiger partial charge in [-0.3, -0.25) is 4.79 Å². The zero-order valence-corrected chi connectivity index (χ0v) is 17.4. The van der Waals surface area contributed by atoms with Crippen LogP contribution in [0.3, 0.4) is 0 Å². The standard InChI is InChI=1S/C24H26N2O2S/c1-26(21-8-4-2-5-9-21)17-16-25-24(27)20-12-14-22(15-13-20)28-18-19-29-23-10-6-3-7-11-23/h2-15H,16-19H2,1H3,(H,25,27). The molecule has 1 amide bonds.